The summed E-state index contributed by atoms with van der Waals surface area (Å²) in [5, 5.41) is 5.84. The first-order valence-electron chi connectivity index (χ1n) is 6.62. The van der Waals surface area contributed by atoms with E-state index in [-0.39, 0.29) is 12.5 Å². The average molecular weight is 306 g/mol. The molecule has 0 saturated carbocycles. The molecule has 2 aromatic rings. The van der Waals surface area contributed by atoms with Crippen molar-refractivity contribution < 1.29 is 14.3 Å². The van der Waals surface area contributed by atoms with Crippen molar-refractivity contribution in [2.45, 2.75) is 13.3 Å². The van der Waals surface area contributed by atoms with Gasteiger partial charge in [0, 0.05) is 30.1 Å². The van der Waals surface area contributed by atoms with Gasteiger partial charge in [-0.05, 0) is 19.1 Å². The zero-order chi connectivity index (χ0) is 15.1. The molecule has 0 spiro atoms. The molecule has 0 aliphatic heterocycles. The third kappa shape index (κ3) is 5.07. The summed E-state index contributed by atoms with van der Waals surface area (Å²) in [6.45, 7) is 2.51. The molecule has 5 nitrogen and oxygen atoms in total. The van der Waals surface area contributed by atoms with Crippen LogP contribution in [0.25, 0.3) is 0 Å². The van der Waals surface area contributed by atoms with Gasteiger partial charge in [-0.15, -0.1) is 11.3 Å². The van der Waals surface area contributed by atoms with Crippen LogP contribution < -0.4 is 14.8 Å². The van der Waals surface area contributed by atoms with E-state index in [2.05, 4.69) is 10.3 Å². The third-order valence-electron chi connectivity index (χ3n) is 2.74. The summed E-state index contributed by atoms with van der Waals surface area (Å²) < 4.78 is 10.5. The number of thiazole rings is 1. The number of rotatable bonds is 7. The Morgan fingerprint density at radius 1 is 1.38 bits per heavy atom. The molecular formula is C15H18N2O3S. The van der Waals surface area contributed by atoms with E-state index >= 15 is 0 Å². The highest BCUT2D eigenvalue weighted by Crippen LogP contribution is 2.18. The van der Waals surface area contributed by atoms with Crippen molar-refractivity contribution in [3.05, 3.63) is 40.3 Å². The highest BCUT2D eigenvalue weighted by atomic mass is 32.1. The summed E-state index contributed by atoms with van der Waals surface area (Å²) in [6.07, 6.45) is 0.739. The van der Waals surface area contributed by atoms with E-state index in [9.17, 15) is 4.79 Å². The number of hydrogen-bond acceptors (Lipinski definition) is 5. The Hall–Kier alpha value is -2.08. The summed E-state index contributed by atoms with van der Waals surface area (Å²) in [7, 11) is 1.59. The van der Waals surface area contributed by atoms with E-state index in [0.29, 0.717) is 18.0 Å². The van der Waals surface area contributed by atoms with E-state index in [0.717, 1.165) is 17.1 Å². The topological polar surface area (TPSA) is 60.5 Å². The maximum Gasteiger partial charge on any atom is 0.257 e. The van der Waals surface area contributed by atoms with E-state index in [1.807, 2.05) is 24.4 Å². The molecule has 0 atom stereocenters. The maximum absolute atomic E-state index is 11.7. The Labute approximate surface area is 127 Å². The van der Waals surface area contributed by atoms with Crippen LogP contribution in [0.4, 0.5) is 0 Å². The number of aryl methyl sites for hydroxylation is 1. The molecule has 0 unspecified atom stereocenters. The zero-order valence-electron chi connectivity index (χ0n) is 12.1. The fraction of sp³-hybridized carbons (Fsp3) is 0.333. The predicted molar refractivity (Wildman–Crippen MR) is 82.1 cm³/mol. The molecule has 21 heavy (non-hydrogen) atoms. The van der Waals surface area contributed by atoms with Gasteiger partial charge in [-0.25, -0.2) is 4.98 Å². The molecule has 1 aromatic heterocycles. The van der Waals surface area contributed by atoms with Crippen LogP contribution in [0.15, 0.2) is 29.6 Å². The SMILES string of the molecule is COc1cccc(OCC(=O)NCCc2nc(C)cs2)c1. The van der Waals surface area contributed by atoms with E-state index in [1.165, 1.54) is 0 Å². The smallest absolute Gasteiger partial charge is 0.257 e. The summed E-state index contributed by atoms with van der Waals surface area (Å²) in [4.78, 5) is 16.0. The van der Waals surface area contributed by atoms with Gasteiger partial charge < -0.3 is 14.8 Å². The van der Waals surface area contributed by atoms with Crippen molar-refractivity contribution in [2.24, 2.45) is 0 Å². The number of benzene rings is 1. The number of hydrogen-bond donors (Lipinski definition) is 1. The third-order valence-corrected chi connectivity index (χ3v) is 3.77. The Bertz CT molecular complexity index is 598. The number of nitrogens with one attached hydrogen (secondary N) is 1. The molecule has 1 aromatic carbocycles. The molecule has 0 aliphatic carbocycles. The van der Waals surface area contributed by atoms with Gasteiger partial charge in [0.25, 0.3) is 5.91 Å². The maximum atomic E-state index is 11.7. The molecule has 1 heterocycles. The minimum absolute atomic E-state index is 0.00986. The lowest BCUT2D eigenvalue weighted by molar-refractivity contribution is -0.123. The molecule has 6 heteroatoms. The highest BCUT2D eigenvalue weighted by molar-refractivity contribution is 7.09. The summed E-state index contributed by atoms with van der Waals surface area (Å²) in [6, 6.07) is 7.17. The normalized spacial score (nSPS) is 10.2. The number of amides is 1. The minimum Gasteiger partial charge on any atom is -0.497 e. The van der Waals surface area contributed by atoms with Gasteiger partial charge >= 0.3 is 0 Å². The standard InChI is InChI=1S/C15H18N2O3S/c1-11-10-21-15(17-11)6-7-16-14(18)9-20-13-5-3-4-12(8-13)19-2/h3-5,8,10H,6-7,9H2,1-2H3,(H,16,18). The lowest BCUT2D eigenvalue weighted by Gasteiger charge is -2.08. The Balaban J connectivity index is 1.69. The second-order valence-electron chi connectivity index (χ2n) is 4.45. The van der Waals surface area contributed by atoms with Crippen LogP contribution in [0, 0.1) is 6.92 Å². The van der Waals surface area contributed by atoms with Crippen LogP contribution in [-0.4, -0.2) is 31.2 Å². The first kappa shape index (κ1) is 15.3. The van der Waals surface area contributed by atoms with Gasteiger partial charge in [0.05, 0.1) is 12.1 Å². The Morgan fingerprint density at radius 2 is 2.19 bits per heavy atom. The average Bonchev–Trinajstić information content (AvgIpc) is 2.91. The second kappa shape index (κ2) is 7.64. The van der Waals surface area contributed by atoms with Gasteiger partial charge in [0.15, 0.2) is 6.61 Å². The highest BCUT2D eigenvalue weighted by Gasteiger charge is 2.04. The molecule has 0 radical (unpaired) electrons. The number of carbonyl (C=O) groups excluding carboxylic acids is 1. The fourth-order valence-electron chi connectivity index (χ4n) is 1.72. The van der Waals surface area contributed by atoms with Crippen LogP contribution in [-0.2, 0) is 11.2 Å². The summed E-state index contributed by atoms with van der Waals surface area (Å²) >= 11 is 1.61. The number of aromatic nitrogens is 1. The number of nitrogens with zero attached hydrogens (tertiary/aromatic N) is 1. The lowest BCUT2D eigenvalue weighted by Crippen LogP contribution is -2.30. The van der Waals surface area contributed by atoms with Crippen LogP contribution >= 0.6 is 11.3 Å². The second-order valence-corrected chi connectivity index (χ2v) is 5.39. The minimum atomic E-state index is -0.147. The quantitative estimate of drug-likeness (QED) is 0.852. The van der Waals surface area contributed by atoms with E-state index in [1.54, 1.807) is 30.6 Å². The molecule has 0 saturated heterocycles. The van der Waals surface area contributed by atoms with Crippen molar-refractivity contribution in [1.82, 2.24) is 10.3 Å². The molecular weight excluding hydrogens is 288 g/mol. The lowest BCUT2D eigenvalue weighted by atomic mass is 10.3. The Kier molecular flexibility index (Phi) is 5.57. The van der Waals surface area contributed by atoms with Gasteiger partial charge in [-0.2, -0.15) is 0 Å². The van der Waals surface area contributed by atoms with E-state index < -0.39 is 0 Å². The fourth-order valence-corrected chi connectivity index (χ4v) is 2.49. The van der Waals surface area contributed by atoms with Crippen LogP contribution in [0.3, 0.4) is 0 Å². The number of methoxy groups -OCH3 is 1. The molecule has 0 fully saturated rings. The van der Waals surface area contributed by atoms with Crippen molar-refractivity contribution in [3.8, 4) is 11.5 Å². The van der Waals surface area contributed by atoms with Crippen molar-refractivity contribution in [3.63, 3.8) is 0 Å². The van der Waals surface area contributed by atoms with Crippen LogP contribution in [0.2, 0.25) is 0 Å². The zero-order valence-corrected chi connectivity index (χ0v) is 12.9. The number of ether oxygens (including phenoxy) is 2. The van der Waals surface area contributed by atoms with Crippen molar-refractivity contribution in [2.75, 3.05) is 20.3 Å². The first-order valence-corrected chi connectivity index (χ1v) is 7.50. The molecule has 0 aliphatic rings. The predicted octanol–water partition coefficient (Wildman–Crippen LogP) is 2.20. The molecule has 0 bridgehead atoms. The summed E-state index contributed by atoms with van der Waals surface area (Å²) in [5.41, 5.74) is 1.02. The van der Waals surface area contributed by atoms with Crippen molar-refractivity contribution in [1.29, 1.82) is 0 Å². The van der Waals surface area contributed by atoms with Gasteiger partial charge in [0.1, 0.15) is 11.5 Å². The molecule has 112 valence electrons. The van der Waals surface area contributed by atoms with Crippen LogP contribution in [0.1, 0.15) is 10.7 Å². The van der Waals surface area contributed by atoms with Gasteiger partial charge in [0.2, 0.25) is 0 Å². The largest absolute Gasteiger partial charge is 0.497 e. The van der Waals surface area contributed by atoms with Crippen molar-refractivity contribution >= 4 is 17.2 Å². The molecule has 1 N–H and O–H groups in total. The Morgan fingerprint density at radius 3 is 2.90 bits per heavy atom. The van der Waals surface area contributed by atoms with Gasteiger partial charge in [-0.3, -0.25) is 4.79 Å². The van der Waals surface area contributed by atoms with E-state index in [4.69, 9.17) is 9.47 Å². The molecule has 2 rings (SSSR count). The van der Waals surface area contributed by atoms with Gasteiger partial charge in [-0.1, -0.05) is 6.07 Å². The monoisotopic (exact) mass is 306 g/mol. The number of carbonyl (C=O) groups is 1. The van der Waals surface area contributed by atoms with Crippen LogP contribution in [0.5, 0.6) is 11.5 Å². The molecule has 1 amide bonds. The first-order chi connectivity index (χ1) is 10.2. The summed E-state index contributed by atoms with van der Waals surface area (Å²) in [5.74, 6) is 1.16.